The van der Waals surface area contributed by atoms with Gasteiger partial charge < -0.3 is 15.8 Å². The van der Waals surface area contributed by atoms with Crippen LogP contribution in [0.15, 0.2) is 85.2 Å². The lowest BCUT2D eigenvalue weighted by Gasteiger charge is -2.15. The molecule has 4 rings (SSSR count). The topological polar surface area (TPSA) is 112 Å². The van der Waals surface area contributed by atoms with E-state index in [1.54, 1.807) is 29.2 Å². The van der Waals surface area contributed by atoms with Crippen LogP contribution in [0.25, 0.3) is 16.9 Å². The zero-order valence-electron chi connectivity index (χ0n) is 19.5. The highest BCUT2D eigenvalue weighted by Gasteiger charge is 2.19. The first-order chi connectivity index (χ1) is 17.5. The maximum absolute atomic E-state index is 12.5. The quantitative estimate of drug-likeness (QED) is 0.301. The average molecular weight is 504 g/mol. The highest BCUT2D eigenvalue weighted by molar-refractivity contribution is 6.30. The Bertz CT molecular complexity index is 1290. The van der Waals surface area contributed by atoms with Gasteiger partial charge in [0.2, 0.25) is 17.7 Å². The Hall–Kier alpha value is -4.17. The van der Waals surface area contributed by atoms with Gasteiger partial charge in [-0.1, -0.05) is 41.9 Å². The molecule has 0 bridgehead atoms. The van der Waals surface area contributed by atoms with Crippen molar-refractivity contribution in [3.63, 3.8) is 0 Å². The standard InChI is InChI=1S/C27H26ClN5O3/c28-21-10-12-22(13-11-21)33-26(17-23(32-33)20-8-4-14-30-18-20)36-15-5-9-25(34)31-24(27(29)35)16-19-6-2-1-3-7-19/h1-4,6-8,10-14,17-18,24H,5,9,15-16H2,(H2,29,35)(H,31,34)/t24-/m0/s1. The second-order valence-corrected chi connectivity index (χ2v) is 8.60. The predicted molar refractivity (Wildman–Crippen MR) is 138 cm³/mol. The summed E-state index contributed by atoms with van der Waals surface area (Å²) >= 11 is 6.04. The van der Waals surface area contributed by atoms with Crippen LogP contribution >= 0.6 is 11.6 Å². The minimum absolute atomic E-state index is 0.184. The molecule has 36 heavy (non-hydrogen) atoms. The average Bonchev–Trinajstić information content (AvgIpc) is 3.32. The fourth-order valence-electron chi connectivity index (χ4n) is 3.64. The van der Waals surface area contributed by atoms with Gasteiger partial charge in [-0.15, -0.1) is 0 Å². The molecule has 0 spiro atoms. The van der Waals surface area contributed by atoms with Crippen molar-refractivity contribution in [1.29, 1.82) is 0 Å². The summed E-state index contributed by atoms with van der Waals surface area (Å²) in [6, 6.07) is 21.5. The highest BCUT2D eigenvalue weighted by atomic mass is 35.5. The Morgan fingerprint density at radius 1 is 1.06 bits per heavy atom. The molecule has 0 unspecified atom stereocenters. The van der Waals surface area contributed by atoms with Crippen molar-refractivity contribution >= 4 is 23.4 Å². The lowest BCUT2D eigenvalue weighted by molar-refractivity contribution is -0.127. The van der Waals surface area contributed by atoms with Gasteiger partial charge in [0.05, 0.1) is 18.0 Å². The molecule has 2 aromatic carbocycles. The Morgan fingerprint density at radius 3 is 2.53 bits per heavy atom. The number of aromatic nitrogens is 3. The van der Waals surface area contributed by atoms with E-state index in [4.69, 9.17) is 22.1 Å². The molecule has 0 saturated carbocycles. The van der Waals surface area contributed by atoms with Crippen LogP contribution in [0, 0.1) is 0 Å². The van der Waals surface area contributed by atoms with Crippen LogP contribution < -0.4 is 15.8 Å². The molecular formula is C27H26ClN5O3. The summed E-state index contributed by atoms with van der Waals surface area (Å²) in [6.07, 6.45) is 4.40. The van der Waals surface area contributed by atoms with Gasteiger partial charge in [-0.3, -0.25) is 14.6 Å². The Kier molecular flexibility index (Phi) is 8.31. The molecule has 2 aromatic heterocycles. The number of carbonyl (C=O) groups is 2. The van der Waals surface area contributed by atoms with Crippen LogP contribution in [0.3, 0.4) is 0 Å². The number of nitrogens with zero attached hydrogens (tertiary/aromatic N) is 3. The Balaban J connectivity index is 1.37. The van der Waals surface area contributed by atoms with Crippen molar-refractivity contribution in [2.75, 3.05) is 6.61 Å². The number of benzene rings is 2. The molecule has 2 amide bonds. The fraction of sp³-hybridized carbons (Fsp3) is 0.185. The van der Waals surface area contributed by atoms with Crippen LogP contribution in [-0.4, -0.2) is 39.2 Å². The van der Waals surface area contributed by atoms with E-state index >= 15 is 0 Å². The van der Waals surface area contributed by atoms with Crippen molar-refractivity contribution < 1.29 is 14.3 Å². The SMILES string of the molecule is NC(=O)[C@H](Cc1ccccc1)NC(=O)CCCOc1cc(-c2cccnc2)nn1-c1ccc(Cl)cc1. The third-order valence-electron chi connectivity index (χ3n) is 5.46. The van der Waals surface area contributed by atoms with Gasteiger partial charge >= 0.3 is 0 Å². The molecule has 3 N–H and O–H groups in total. The van der Waals surface area contributed by atoms with E-state index in [1.807, 2.05) is 60.7 Å². The number of primary amides is 1. The van der Waals surface area contributed by atoms with Gasteiger partial charge in [0.1, 0.15) is 6.04 Å². The summed E-state index contributed by atoms with van der Waals surface area (Å²) in [4.78, 5) is 28.4. The zero-order valence-corrected chi connectivity index (χ0v) is 20.3. The van der Waals surface area contributed by atoms with Crippen molar-refractivity contribution in [3.05, 3.63) is 95.8 Å². The van der Waals surface area contributed by atoms with E-state index < -0.39 is 11.9 Å². The van der Waals surface area contributed by atoms with Crippen LogP contribution in [0.2, 0.25) is 5.02 Å². The molecule has 0 fully saturated rings. The van der Waals surface area contributed by atoms with E-state index in [9.17, 15) is 9.59 Å². The van der Waals surface area contributed by atoms with Crippen LogP contribution in [0.1, 0.15) is 18.4 Å². The number of hydrogen-bond donors (Lipinski definition) is 2. The minimum atomic E-state index is -0.769. The fourth-order valence-corrected chi connectivity index (χ4v) is 3.76. The van der Waals surface area contributed by atoms with Crippen molar-refractivity contribution in [1.82, 2.24) is 20.1 Å². The number of pyridine rings is 1. The van der Waals surface area contributed by atoms with E-state index in [2.05, 4.69) is 15.4 Å². The third-order valence-corrected chi connectivity index (χ3v) is 5.72. The van der Waals surface area contributed by atoms with Crippen LogP contribution in [0.5, 0.6) is 5.88 Å². The van der Waals surface area contributed by atoms with Crippen molar-refractivity contribution in [2.45, 2.75) is 25.3 Å². The molecule has 2 heterocycles. The molecule has 1 atom stereocenters. The number of nitrogens with one attached hydrogen (secondary N) is 1. The van der Waals surface area contributed by atoms with Crippen molar-refractivity contribution in [3.8, 4) is 22.8 Å². The number of hydrogen-bond acceptors (Lipinski definition) is 5. The number of rotatable bonds is 11. The molecule has 9 heteroatoms. The molecule has 0 aliphatic heterocycles. The first kappa shape index (κ1) is 24.9. The first-order valence-corrected chi connectivity index (χ1v) is 11.9. The Labute approximate surface area is 214 Å². The van der Waals surface area contributed by atoms with Gasteiger partial charge in [-0.05, 0) is 48.4 Å². The second-order valence-electron chi connectivity index (χ2n) is 8.16. The largest absolute Gasteiger partial charge is 0.478 e. The zero-order chi connectivity index (χ0) is 25.3. The van der Waals surface area contributed by atoms with Gasteiger partial charge in [-0.2, -0.15) is 5.10 Å². The third kappa shape index (κ3) is 6.70. The van der Waals surface area contributed by atoms with Gasteiger partial charge in [0.25, 0.3) is 0 Å². The molecule has 0 aliphatic carbocycles. The van der Waals surface area contributed by atoms with Crippen LogP contribution in [0.4, 0.5) is 0 Å². The smallest absolute Gasteiger partial charge is 0.240 e. The summed E-state index contributed by atoms with van der Waals surface area (Å²) in [5.41, 5.74) is 8.76. The molecule has 8 nitrogen and oxygen atoms in total. The van der Waals surface area contributed by atoms with Crippen molar-refractivity contribution in [2.24, 2.45) is 5.73 Å². The lowest BCUT2D eigenvalue weighted by Crippen LogP contribution is -2.45. The van der Waals surface area contributed by atoms with E-state index in [0.717, 1.165) is 16.8 Å². The lowest BCUT2D eigenvalue weighted by atomic mass is 10.1. The number of ether oxygens (including phenoxy) is 1. The van der Waals surface area contributed by atoms with Crippen LogP contribution in [-0.2, 0) is 16.0 Å². The van der Waals surface area contributed by atoms with E-state index in [-0.39, 0.29) is 18.9 Å². The number of carbonyl (C=O) groups excluding carboxylic acids is 2. The number of amides is 2. The normalized spacial score (nSPS) is 11.6. The van der Waals surface area contributed by atoms with Gasteiger partial charge in [-0.25, -0.2) is 4.68 Å². The monoisotopic (exact) mass is 503 g/mol. The molecule has 0 aliphatic rings. The highest BCUT2D eigenvalue weighted by Crippen LogP contribution is 2.26. The predicted octanol–water partition coefficient (Wildman–Crippen LogP) is 3.96. The molecule has 0 radical (unpaired) electrons. The van der Waals surface area contributed by atoms with E-state index in [1.165, 1.54) is 0 Å². The molecule has 184 valence electrons. The number of halogens is 1. The first-order valence-electron chi connectivity index (χ1n) is 11.5. The van der Waals surface area contributed by atoms with E-state index in [0.29, 0.717) is 29.4 Å². The summed E-state index contributed by atoms with van der Waals surface area (Å²) < 4.78 is 7.68. The van der Waals surface area contributed by atoms with Gasteiger partial charge in [0.15, 0.2) is 0 Å². The number of nitrogens with two attached hydrogens (primary N) is 1. The summed E-state index contributed by atoms with van der Waals surface area (Å²) in [6.45, 7) is 0.277. The second kappa shape index (κ2) is 12.0. The Morgan fingerprint density at radius 2 is 1.83 bits per heavy atom. The summed E-state index contributed by atoms with van der Waals surface area (Å²) in [5, 5.41) is 8.02. The van der Waals surface area contributed by atoms with Gasteiger partial charge in [0, 0.05) is 41.9 Å². The summed E-state index contributed by atoms with van der Waals surface area (Å²) in [7, 11) is 0. The maximum atomic E-state index is 12.5. The minimum Gasteiger partial charge on any atom is -0.478 e. The molecule has 4 aromatic rings. The molecule has 0 saturated heterocycles. The maximum Gasteiger partial charge on any atom is 0.240 e. The molecular weight excluding hydrogens is 478 g/mol. The summed E-state index contributed by atoms with van der Waals surface area (Å²) in [5.74, 6) is -0.311.